The molecule has 1 atom stereocenters. The maximum Gasteiger partial charge on any atom is 0.246 e. The van der Waals surface area contributed by atoms with Crippen LogP contribution in [-0.2, 0) is 14.3 Å². The van der Waals surface area contributed by atoms with Crippen LogP contribution >= 0.6 is 0 Å². The predicted molar refractivity (Wildman–Crippen MR) is 73.1 cm³/mol. The first-order chi connectivity index (χ1) is 9.33. The van der Waals surface area contributed by atoms with Crippen molar-refractivity contribution < 1.29 is 14.3 Å². The number of nitrogens with one attached hydrogen (secondary N) is 2. The summed E-state index contributed by atoms with van der Waals surface area (Å²) < 4.78 is 10.3. The molecule has 0 fully saturated rings. The number of amides is 1. The van der Waals surface area contributed by atoms with Gasteiger partial charge in [-0.2, -0.15) is 0 Å². The van der Waals surface area contributed by atoms with Gasteiger partial charge in [0.15, 0.2) is 0 Å². The van der Waals surface area contributed by atoms with Gasteiger partial charge in [-0.15, -0.1) is 0 Å². The highest BCUT2D eigenvalue weighted by Crippen LogP contribution is 2.29. The first kappa shape index (κ1) is 14.0. The fraction of sp³-hybridized carbons (Fsp3) is 0.500. The van der Waals surface area contributed by atoms with E-state index in [4.69, 9.17) is 9.47 Å². The van der Waals surface area contributed by atoms with Crippen LogP contribution in [0.2, 0.25) is 0 Å². The minimum Gasteiger partial charge on any atom is -0.382 e. The number of rotatable bonds is 8. The number of hydrogen-bond donors (Lipinski definition) is 2. The molecule has 0 spiro atoms. The summed E-state index contributed by atoms with van der Waals surface area (Å²) in [6.07, 6.45) is 0.871. The monoisotopic (exact) mass is 264 g/mol. The zero-order valence-electron chi connectivity index (χ0n) is 11.1. The van der Waals surface area contributed by atoms with Crippen molar-refractivity contribution in [3.05, 3.63) is 29.8 Å². The summed E-state index contributed by atoms with van der Waals surface area (Å²) >= 11 is 0. The summed E-state index contributed by atoms with van der Waals surface area (Å²) in [6, 6.07) is 7.52. The van der Waals surface area contributed by atoms with Gasteiger partial charge in [0.25, 0.3) is 0 Å². The molecule has 1 amide bonds. The van der Waals surface area contributed by atoms with E-state index in [1.807, 2.05) is 24.3 Å². The topological polar surface area (TPSA) is 59.6 Å². The molecular formula is C14H20N2O3. The van der Waals surface area contributed by atoms with Crippen LogP contribution in [0.5, 0.6) is 0 Å². The van der Waals surface area contributed by atoms with E-state index < -0.39 is 0 Å². The first-order valence-electron chi connectivity index (χ1n) is 6.53. The molecule has 1 aromatic rings. The fourth-order valence-electron chi connectivity index (χ4n) is 2.08. The highest BCUT2D eigenvalue weighted by atomic mass is 16.5. The van der Waals surface area contributed by atoms with Crippen LogP contribution in [0.4, 0.5) is 5.69 Å². The molecule has 0 bridgehead atoms. The molecule has 5 heteroatoms. The minimum absolute atomic E-state index is 0.0153. The second kappa shape index (κ2) is 7.23. The van der Waals surface area contributed by atoms with Gasteiger partial charge >= 0.3 is 0 Å². The highest BCUT2D eigenvalue weighted by molar-refractivity contribution is 6.02. The van der Waals surface area contributed by atoms with Crippen LogP contribution in [0.25, 0.3) is 0 Å². The average Bonchev–Trinajstić information content (AvgIpc) is 2.74. The Hall–Kier alpha value is -1.43. The van der Waals surface area contributed by atoms with Gasteiger partial charge in [0.2, 0.25) is 5.91 Å². The van der Waals surface area contributed by atoms with Crippen molar-refractivity contribution in [1.29, 1.82) is 0 Å². The molecule has 1 unspecified atom stereocenters. The van der Waals surface area contributed by atoms with Crippen molar-refractivity contribution in [2.45, 2.75) is 12.5 Å². The van der Waals surface area contributed by atoms with Gasteiger partial charge in [-0.1, -0.05) is 18.2 Å². The number of carbonyl (C=O) groups excluding carboxylic acids is 1. The van der Waals surface area contributed by atoms with E-state index in [1.165, 1.54) is 0 Å². The Balaban J connectivity index is 1.70. The van der Waals surface area contributed by atoms with Gasteiger partial charge in [0, 0.05) is 25.0 Å². The van der Waals surface area contributed by atoms with Gasteiger partial charge in [0.1, 0.15) is 6.04 Å². The molecule has 0 aromatic heterocycles. The molecule has 1 heterocycles. The molecule has 1 aliphatic heterocycles. The quantitative estimate of drug-likeness (QED) is 0.695. The third kappa shape index (κ3) is 3.76. The Morgan fingerprint density at radius 2 is 2.11 bits per heavy atom. The number of methoxy groups -OCH3 is 1. The van der Waals surface area contributed by atoms with Crippen molar-refractivity contribution in [1.82, 2.24) is 5.32 Å². The Labute approximate surface area is 113 Å². The van der Waals surface area contributed by atoms with Gasteiger partial charge in [0.05, 0.1) is 13.2 Å². The fourth-order valence-corrected chi connectivity index (χ4v) is 2.08. The lowest BCUT2D eigenvalue weighted by Crippen LogP contribution is -2.28. The Morgan fingerprint density at radius 3 is 2.95 bits per heavy atom. The zero-order chi connectivity index (χ0) is 13.5. The summed E-state index contributed by atoms with van der Waals surface area (Å²) in [4.78, 5) is 11.8. The number of ether oxygens (including phenoxy) is 2. The standard InChI is InChI=1S/C14H20N2O3/c1-18-9-10-19-8-4-7-15-13-11-5-2-3-6-12(11)16-14(13)17/h2-3,5-6,13,15H,4,7-10H2,1H3,(H,16,17). The lowest BCUT2D eigenvalue weighted by atomic mass is 10.1. The van der Waals surface area contributed by atoms with Crippen LogP contribution in [0.3, 0.4) is 0 Å². The Bertz CT molecular complexity index is 423. The SMILES string of the molecule is COCCOCCCNC1C(=O)Nc2ccccc21. The third-order valence-corrected chi connectivity index (χ3v) is 3.04. The van der Waals surface area contributed by atoms with E-state index in [0.717, 1.165) is 24.2 Å². The number of hydrogen-bond acceptors (Lipinski definition) is 4. The van der Waals surface area contributed by atoms with Gasteiger partial charge in [-0.05, 0) is 19.0 Å². The van der Waals surface area contributed by atoms with Crippen LogP contribution in [-0.4, -0.2) is 39.4 Å². The number of benzene rings is 1. The highest BCUT2D eigenvalue weighted by Gasteiger charge is 2.29. The van der Waals surface area contributed by atoms with E-state index in [9.17, 15) is 4.79 Å². The summed E-state index contributed by atoms with van der Waals surface area (Å²) in [5, 5.41) is 6.12. The predicted octanol–water partition coefficient (Wildman–Crippen LogP) is 1.32. The van der Waals surface area contributed by atoms with Crippen LogP contribution < -0.4 is 10.6 Å². The molecule has 5 nitrogen and oxygen atoms in total. The molecule has 0 radical (unpaired) electrons. The first-order valence-corrected chi connectivity index (χ1v) is 6.53. The summed E-state index contributed by atoms with van der Waals surface area (Å²) in [7, 11) is 1.65. The number of fused-ring (bicyclic) bond motifs is 1. The van der Waals surface area contributed by atoms with Crippen LogP contribution in [0.1, 0.15) is 18.0 Å². The number of carbonyl (C=O) groups is 1. The van der Waals surface area contributed by atoms with Crippen molar-refractivity contribution in [3.8, 4) is 0 Å². The molecule has 1 aromatic carbocycles. The summed E-state index contributed by atoms with van der Waals surface area (Å²) in [5.74, 6) is 0.0153. The molecule has 2 rings (SSSR count). The second-order valence-electron chi connectivity index (χ2n) is 4.42. The summed E-state index contributed by atoms with van der Waals surface area (Å²) in [6.45, 7) is 2.65. The number of para-hydroxylation sites is 1. The van der Waals surface area contributed by atoms with Crippen molar-refractivity contribution >= 4 is 11.6 Å². The van der Waals surface area contributed by atoms with Gasteiger partial charge < -0.3 is 20.1 Å². The van der Waals surface area contributed by atoms with Crippen LogP contribution in [0, 0.1) is 0 Å². The molecule has 2 N–H and O–H groups in total. The third-order valence-electron chi connectivity index (χ3n) is 3.04. The molecule has 19 heavy (non-hydrogen) atoms. The normalized spacial score (nSPS) is 17.3. The van der Waals surface area contributed by atoms with Gasteiger partial charge in [-0.3, -0.25) is 4.79 Å². The number of anilines is 1. The molecular weight excluding hydrogens is 244 g/mol. The second-order valence-corrected chi connectivity index (χ2v) is 4.42. The van der Waals surface area contributed by atoms with E-state index >= 15 is 0 Å². The Morgan fingerprint density at radius 1 is 1.26 bits per heavy atom. The molecule has 0 aliphatic carbocycles. The van der Waals surface area contributed by atoms with E-state index in [2.05, 4.69) is 10.6 Å². The van der Waals surface area contributed by atoms with Crippen molar-refractivity contribution in [2.24, 2.45) is 0 Å². The molecule has 104 valence electrons. The van der Waals surface area contributed by atoms with E-state index in [0.29, 0.717) is 19.8 Å². The largest absolute Gasteiger partial charge is 0.382 e. The maximum atomic E-state index is 11.8. The smallest absolute Gasteiger partial charge is 0.246 e. The molecule has 0 saturated heterocycles. The lowest BCUT2D eigenvalue weighted by Gasteiger charge is -2.11. The lowest BCUT2D eigenvalue weighted by molar-refractivity contribution is -0.117. The van der Waals surface area contributed by atoms with E-state index in [1.54, 1.807) is 7.11 Å². The minimum atomic E-state index is -0.241. The van der Waals surface area contributed by atoms with Crippen molar-refractivity contribution in [2.75, 3.05) is 38.8 Å². The molecule has 1 aliphatic rings. The van der Waals surface area contributed by atoms with Crippen LogP contribution in [0.15, 0.2) is 24.3 Å². The molecule has 0 saturated carbocycles. The summed E-state index contributed by atoms with van der Waals surface area (Å²) in [5.41, 5.74) is 1.93. The van der Waals surface area contributed by atoms with Crippen molar-refractivity contribution in [3.63, 3.8) is 0 Å². The van der Waals surface area contributed by atoms with Gasteiger partial charge in [-0.25, -0.2) is 0 Å². The Kier molecular flexibility index (Phi) is 5.32. The average molecular weight is 264 g/mol. The van der Waals surface area contributed by atoms with E-state index in [-0.39, 0.29) is 11.9 Å². The zero-order valence-corrected chi connectivity index (χ0v) is 11.1. The maximum absolute atomic E-state index is 11.8.